The predicted molar refractivity (Wildman–Crippen MR) is 243 cm³/mol. The number of hydrogen-bond donors (Lipinski definition) is 23. The molecule has 0 bridgehead atoms. The highest BCUT2D eigenvalue weighted by atomic mass is 16.8. The summed E-state index contributed by atoms with van der Waals surface area (Å²) in [6.07, 6.45) is -65.3. The van der Waals surface area contributed by atoms with Gasteiger partial charge < -0.3 is 179 Å². The summed E-state index contributed by atoms with van der Waals surface area (Å²) in [4.78, 5) is 12.2. The van der Waals surface area contributed by atoms with Crippen molar-refractivity contribution in [2.75, 3.05) is 46.2 Å². The first kappa shape index (κ1) is 66.6. The molecule has 0 aromatic carbocycles. The number of aliphatic hydroxyl groups is 22. The standard InChI is InChI=1S/C44H75NO36/c1-9(49)45-17-25(57)18(50)10(2-46)74-39(17)80-36-23(55)15(7-69-40-31(63)27(59)19(51)11(3-47)75-40)78-42(34(36)66)72-6-14-22(54)29(61)32(64)41(77-14)70-8-16-24(56)37(81-44-33(65)28(60)20(52)12(4-48)76-44)35(67)43(79-16)71-5-13-21(53)26(58)30(62)38(68)73-13/h10-44,46-48,50-68H,2-8H2,1H3,(H,45,49)/t10-,11-,12-,13-,14-,15-,16-,17-,18-,19-,20-,21-,22-,23-,24-,25-,26+,27+,28+,29+,30-,31-,32-,33-,34-,35-,36+,37+,38?,39+,40-,41-,42-,43-,44+/m1/s1. The van der Waals surface area contributed by atoms with Crippen LogP contribution in [0.5, 0.6) is 0 Å². The van der Waals surface area contributed by atoms with Gasteiger partial charge in [0, 0.05) is 6.92 Å². The molecule has 35 atom stereocenters. The van der Waals surface area contributed by atoms with Gasteiger partial charge in [-0.2, -0.15) is 0 Å². The zero-order valence-corrected chi connectivity index (χ0v) is 42.7. The normalized spacial score (nSPS) is 51.9. The molecule has 0 aliphatic carbocycles. The van der Waals surface area contributed by atoms with Crippen molar-refractivity contribution < 1.29 is 179 Å². The Bertz CT molecular complexity index is 1940. The van der Waals surface area contributed by atoms with E-state index in [1.165, 1.54) is 0 Å². The van der Waals surface area contributed by atoms with E-state index in [0.29, 0.717) is 0 Å². The van der Waals surface area contributed by atoms with Crippen LogP contribution in [0.4, 0.5) is 0 Å². The zero-order valence-electron chi connectivity index (χ0n) is 42.7. The van der Waals surface area contributed by atoms with Gasteiger partial charge in [-0.05, 0) is 0 Å². The fourth-order valence-corrected chi connectivity index (χ4v) is 9.98. The van der Waals surface area contributed by atoms with Crippen LogP contribution in [-0.2, 0) is 66.4 Å². The molecule has 0 saturated carbocycles. The maximum absolute atomic E-state index is 12.2. The summed E-state index contributed by atoms with van der Waals surface area (Å²) in [6, 6.07) is -1.64. The Morgan fingerprint density at radius 1 is 0.321 bits per heavy atom. The number of amides is 1. The molecule has 1 amide bonds. The summed E-state index contributed by atoms with van der Waals surface area (Å²) in [5.41, 5.74) is 0. The van der Waals surface area contributed by atoms with Gasteiger partial charge in [0.25, 0.3) is 0 Å². The summed E-state index contributed by atoms with van der Waals surface area (Å²) in [7, 11) is 0. The van der Waals surface area contributed by atoms with Crippen LogP contribution in [0.15, 0.2) is 0 Å². The van der Waals surface area contributed by atoms with Gasteiger partial charge in [-0.25, -0.2) is 0 Å². The average Bonchev–Trinajstić information content (AvgIpc) is 3.60. The largest absolute Gasteiger partial charge is 0.394 e. The van der Waals surface area contributed by atoms with E-state index in [1.54, 1.807) is 0 Å². The predicted octanol–water partition coefficient (Wildman–Crippen LogP) is -16.1. The van der Waals surface area contributed by atoms with Gasteiger partial charge in [0.15, 0.2) is 44.0 Å². The van der Waals surface area contributed by atoms with Crippen LogP contribution < -0.4 is 5.32 Å². The second-order valence-electron chi connectivity index (χ2n) is 20.5. The highest BCUT2D eigenvalue weighted by Crippen LogP contribution is 2.35. The lowest BCUT2D eigenvalue weighted by Gasteiger charge is -2.48. The first-order chi connectivity index (χ1) is 38.2. The van der Waals surface area contributed by atoms with Crippen molar-refractivity contribution >= 4 is 5.91 Å². The van der Waals surface area contributed by atoms with Crippen LogP contribution in [0.1, 0.15) is 6.92 Å². The van der Waals surface area contributed by atoms with Gasteiger partial charge in [0.2, 0.25) is 5.91 Å². The highest BCUT2D eigenvalue weighted by Gasteiger charge is 2.56. The summed E-state index contributed by atoms with van der Waals surface area (Å²) < 4.78 is 73.0. The fourth-order valence-electron chi connectivity index (χ4n) is 9.98. The van der Waals surface area contributed by atoms with Gasteiger partial charge in [-0.3, -0.25) is 4.79 Å². The molecule has 0 radical (unpaired) electrons. The third-order valence-electron chi connectivity index (χ3n) is 14.9. The molecule has 472 valence electrons. The van der Waals surface area contributed by atoms with E-state index in [1.807, 2.05) is 0 Å². The van der Waals surface area contributed by atoms with Crippen molar-refractivity contribution in [3.05, 3.63) is 0 Å². The van der Waals surface area contributed by atoms with Crippen molar-refractivity contribution in [1.82, 2.24) is 5.32 Å². The van der Waals surface area contributed by atoms with Crippen molar-refractivity contribution in [3.63, 3.8) is 0 Å². The van der Waals surface area contributed by atoms with Gasteiger partial charge in [-0.1, -0.05) is 0 Å². The molecule has 81 heavy (non-hydrogen) atoms. The average molecular weight is 1190 g/mol. The topological polar surface area (TPSA) is 594 Å². The third kappa shape index (κ3) is 14.6. The molecule has 7 saturated heterocycles. The van der Waals surface area contributed by atoms with E-state index in [4.69, 9.17) is 61.6 Å². The van der Waals surface area contributed by atoms with E-state index in [2.05, 4.69) is 5.32 Å². The second-order valence-corrected chi connectivity index (χ2v) is 20.5. The summed E-state index contributed by atoms with van der Waals surface area (Å²) in [6.45, 7) is -5.26. The van der Waals surface area contributed by atoms with Crippen LogP contribution in [0.25, 0.3) is 0 Å². The van der Waals surface area contributed by atoms with E-state index < -0.39 is 267 Å². The molecule has 7 heterocycles. The summed E-state index contributed by atoms with van der Waals surface area (Å²) in [5.74, 6) is -0.787. The monoisotopic (exact) mass is 1190 g/mol. The number of nitrogens with one attached hydrogen (secondary N) is 1. The van der Waals surface area contributed by atoms with Gasteiger partial charge in [-0.15, -0.1) is 0 Å². The molecular formula is C44H75NO36. The molecule has 37 heteroatoms. The van der Waals surface area contributed by atoms with E-state index in [0.717, 1.165) is 6.92 Å². The summed E-state index contributed by atoms with van der Waals surface area (Å²) in [5, 5.41) is 236. The Kier molecular flexibility index (Phi) is 23.6. The Morgan fingerprint density at radius 3 is 1.00 bits per heavy atom. The number of carbonyl (C=O) groups is 1. The maximum atomic E-state index is 12.2. The minimum atomic E-state index is -2.17. The van der Waals surface area contributed by atoms with Gasteiger partial charge in [0.05, 0.1) is 46.2 Å². The highest BCUT2D eigenvalue weighted by molar-refractivity contribution is 5.73. The SMILES string of the molecule is CC(=O)N[C@H]1[C@H](O[C@@H]2[C@@H](O)[C@H](OC[C@H]3O[C@@H](OC[C@H]4O[C@@H](OC[C@H]5OC(O)[C@H](O)[C@@H](O)[C@@H]5O)[C@H](O)[C@@H](O[C@@H]5O[C@H](CO)[C@@H](O)[C@H](O)[C@H]5O)[C@@H]4O)[C@H](O)[C@@H](O)[C@@H]3O)O[C@H](CO[C@@H]3O[C@H](CO)[C@@H](O)[C@H](O)[C@H]3O)[C@H]2O)O[C@H](CO)[C@@H](O)[C@@H]1O. The minimum absolute atomic E-state index is 0.787. The molecule has 0 aromatic heterocycles. The Hall–Kier alpha value is -1.93. The van der Waals surface area contributed by atoms with E-state index in [-0.39, 0.29) is 0 Å². The van der Waals surface area contributed by atoms with Crippen LogP contribution in [0.2, 0.25) is 0 Å². The number of carbonyl (C=O) groups excluding carboxylic acids is 1. The molecule has 7 aliphatic heterocycles. The molecule has 23 N–H and O–H groups in total. The minimum Gasteiger partial charge on any atom is -0.394 e. The van der Waals surface area contributed by atoms with Crippen LogP contribution in [0.3, 0.4) is 0 Å². The smallest absolute Gasteiger partial charge is 0.217 e. The molecule has 7 rings (SSSR count). The van der Waals surface area contributed by atoms with Crippen molar-refractivity contribution in [2.45, 2.75) is 222 Å². The first-order valence-electron chi connectivity index (χ1n) is 25.6. The van der Waals surface area contributed by atoms with E-state index >= 15 is 0 Å². The Balaban J connectivity index is 1.07. The van der Waals surface area contributed by atoms with Crippen LogP contribution >= 0.6 is 0 Å². The van der Waals surface area contributed by atoms with Crippen molar-refractivity contribution in [2.24, 2.45) is 0 Å². The lowest BCUT2D eigenvalue weighted by molar-refractivity contribution is -0.373. The zero-order chi connectivity index (χ0) is 59.6. The number of ether oxygens (including phenoxy) is 13. The molecule has 7 fully saturated rings. The van der Waals surface area contributed by atoms with E-state index in [9.17, 15) is 117 Å². The first-order valence-corrected chi connectivity index (χ1v) is 25.6. The third-order valence-corrected chi connectivity index (χ3v) is 14.9. The quantitative estimate of drug-likeness (QED) is 0.0538. The lowest BCUT2D eigenvalue weighted by atomic mass is 9.95. The molecule has 1 unspecified atom stereocenters. The number of rotatable bonds is 20. The Labute approximate surface area is 457 Å². The molecular weight excluding hydrogens is 1120 g/mol. The Morgan fingerprint density at radius 2 is 0.605 bits per heavy atom. The van der Waals surface area contributed by atoms with Gasteiger partial charge in [0.1, 0.15) is 171 Å². The molecule has 37 nitrogen and oxygen atoms in total. The van der Waals surface area contributed by atoms with Crippen LogP contribution in [0, 0.1) is 0 Å². The summed E-state index contributed by atoms with van der Waals surface area (Å²) >= 11 is 0. The van der Waals surface area contributed by atoms with Crippen molar-refractivity contribution in [3.8, 4) is 0 Å². The second kappa shape index (κ2) is 28.7. The van der Waals surface area contributed by atoms with Crippen molar-refractivity contribution in [1.29, 1.82) is 0 Å². The fraction of sp³-hybridized carbons (Fsp3) is 0.977. The van der Waals surface area contributed by atoms with Gasteiger partial charge >= 0.3 is 0 Å². The van der Waals surface area contributed by atoms with Crippen LogP contribution in [-0.4, -0.2) is 379 Å². The lowest BCUT2D eigenvalue weighted by Crippen LogP contribution is -2.68. The molecule has 0 aromatic rings. The maximum Gasteiger partial charge on any atom is 0.217 e. The molecule has 7 aliphatic rings. The molecule has 0 spiro atoms. The number of aliphatic hydroxyl groups excluding tert-OH is 22. The number of hydrogen-bond acceptors (Lipinski definition) is 36.